The van der Waals surface area contributed by atoms with Crippen LogP contribution in [0.2, 0.25) is 0 Å². The predicted octanol–water partition coefficient (Wildman–Crippen LogP) is 4.90. The van der Waals surface area contributed by atoms with Gasteiger partial charge in [-0.3, -0.25) is 4.98 Å². The fraction of sp³-hybridized carbons (Fsp3) is 0.417. The van der Waals surface area contributed by atoms with Crippen LogP contribution in [0.25, 0.3) is 22.2 Å². The van der Waals surface area contributed by atoms with Gasteiger partial charge in [-0.05, 0) is 55.0 Å². The van der Waals surface area contributed by atoms with Crippen LogP contribution < -0.4 is 4.72 Å². The molecule has 1 aliphatic carbocycles. The number of hydrogen-bond donors (Lipinski definition) is 1. The molecule has 4 rings (SSSR count). The van der Waals surface area contributed by atoms with Crippen molar-refractivity contribution >= 4 is 20.9 Å². The topological polar surface area (TPSA) is 87.8 Å². The first kappa shape index (κ1) is 22.4. The number of rotatable bonds is 6. The van der Waals surface area contributed by atoms with Crippen LogP contribution in [-0.4, -0.2) is 23.2 Å². The molecule has 1 aliphatic rings. The largest absolute Gasteiger partial charge is 0.347 e. The van der Waals surface area contributed by atoms with Gasteiger partial charge in [0.25, 0.3) is 0 Å². The van der Waals surface area contributed by atoms with Crippen LogP contribution in [0.3, 0.4) is 0 Å². The number of fused-ring (bicyclic) bond motifs is 1. The molecule has 2 aromatic heterocycles. The minimum atomic E-state index is -3.40. The minimum absolute atomic E-state index is 0.0582. The lowest BCUT2D eigenvalue weighted by atomic mass is 9.96. The van der Waals surface area contributed by atoms with Gasteiger partial charge < -0.3 is 4.57 Å². The number of halogens is 1. The number of nitrogens with one attached hydrogen (secondary N) is 1. The Morgan fingerprint density at radius 1 is 1.34 bits per heavy atom. The average molecular weight is 455 g/mol. The van der Waals surface area contributed by atoms with Crippen molar-refractivity contribution in [2.24, 2.45) is 5.41 Å². The first-order chi connectivity index (χ1) is 15.0. The van der Waals surface area contributed by atoms with Gasteiger partial charge in [0.15, 0.2) is 0 Å². The number of benzene rings is 1. The fourth-order valence-corrected chi connectivity index (χ4v) is 5.57. The molecule has 1 fully saturated rings. The number of pyridine rings is 1. The molecular formula is C24H27FN4O2S. The van der Waals surface area contributed by atoms with Crippen molar-refractivity contribution in [3.8, 4) is 17.3 Å². The summed E-state index contributed by atoms with van der Waals surface area (Å²) in [6, 6.07) is 7.97. The molecule has 3 aromatic rings. The summed E-state index contributed by atoms with van der Waals surface area (Å²) in [7, 11) is -3.40. The molecule has 8 heteroatoms. The zero-order valence-corrected chi connectivity index (χ0v) is 19.5. The summed E-state index contributed by atoms with van der Waals surface area (Å²) in [5, 5.41) is 9.76. The number of aromatic nitrogens is 2. The number of hydrogen-bond acceptors (Lipinski definition) is 4. The highest BCUT2D eigenvalue weighted by Gasteiger charge is 2.37. The van der Waals surface area contributed by atoms with Gasteiger partial charge in [0.2, 0.25) is 10.0 Å². The first-order valence-electron chi connectivity index (χ1n) is 10.7. The molecule has 1 atom stereocenters. The minimum Gasteiger partial charge on any atom is -0.347 e. The van der Waals surface area contributed by atoms with Gasteiger partial charge in [0, 0.05) is 41.4 Å². The van der Waals surface area contributed by atoms with E-state index in [1.807, 2.05) is 10.8 Å². The molecule has 0 saturated heterocycles. The highest BCUT2D eigenvalue weighted by Crippen LogP contribution is 2.36. The predicted molar refractivity (Wildman–Crippen MR) is 123 cm³/mol. The highest BCUT2D eigenvalue weighted by molar-refractivity contribution is 7.90. The summed E-state index contributed by atoms with van der Waals surface area (Å²) in [5.41, 5.74) is 2.28. The third kappa shape index (κ3) is 4.41. The van der Waals surface area contributed by atoms with Crippen molar-refractivity contribution in [1.82, 2.24) is 14.3 Å². The van der Waals surface area contributed by atoms with Crippen molar-refractivity contribution in [3.05, 3.63) is 53.6 Å². The Bertz CT molecular complexity index is 1330. The zero-order valence-electron chi connectivity index (χ0n) is 18.7. The van der Waals surface area contributed by atoms with Crippen molar-refractivity contribution < 1.29 is 12.8 Å². The van der Waals surface area contributed by atoms with Crippen LogP contribution in [0.15, 0.2) is 36.7 Å². The summed E-state index contributed by atoms with van der Waals surface area (Å²) in [5.74, 6) is -0.500. The molecule has 1 aromatic carbocycles. The lowest BCUT2D eigenvalue weighted by molar-refractivity contribution is 0.349. The van der Waals surface area contributed by atoms with E-state index in [2.05, 4.69) is 36.5 Å². The Labute approximate surface area is 188 Å². The average Bonchev–Trinajstić information content (AvgIpc) is 3.51. The monoisotopic (exact) mass is 454 g/mol. The van der Waals surface area contributed by atoms with E-state index in [0.717, 1.165) is 11.1 Å². The second-order valence-corrected chi connectivity index (χ2v) is 11.7. The van der Waals surface area contributed by atoms with E-state index in [0.29, 0.717) is 36.0 Å². The van der Waals surface area contributed by atoms with E-state index >= 15 is 4.39 Å². The summed E-state index contributed by atoms with van der Waals surface area (Å²) >= 11 is 0. The maximum Gasteiger partial charge on any atom is 0.215 e. The normalized spacial score (nSPS) is 15.6. The molecule has 0 aliphatic heterocycles. The standard InChI is InChI=1S/C24H27FN4O2S/c1-15(28-32(30,31)17-7-8-17)20-13-29(14-24(2,3)4)22-11-19(21(25)10-18(20)22)23-16(12-26)6-5-9-27-23/h5-6,9-11,13,15,17,28H,7-8,14H2,1-4H3. The second-order valence-electron chi connectivity index (χ2n) is 9.72. The highest BCUT2D eigenvalue weighted by atomic mass is 32.2. The van der Waals surface area contributed by atoms with Gasteiger partial charge in [-0.1, -0.05) is 20.8 Å². The van der Waals surface area contributed by atoms with Crippen molar-refractivity contribution in [3.63, 3.8) is 0 Å². The molecule has 0 radical (unpaired) electrons. The Morgan fingerprint density at radius 2 is 2.06 bits per heavy atom. The molecule has 1 unspecified atom stereocenters. The van der Waals surface area contributed by atoms with Gasteiger partial charge >= 0.3 is 0 Å². The van der Waals surface area contributed by atoms with Gasteiger partial charge in [0.1, 0.15) is 11.9 Å². The summed E-state index contributed by atoms with van der Waals surface area (Å²) in [4.78, 5) is 4.24. The van der Waals surface area contributed by atoms with Crippen LogP contribution in [-0.2, 0) is 16.6 Å². The molecule has 6 nitrogen and oxygen atoms in total. The molecule has 32 heavy (non-hydrogen) atoms. The lowest BCUT2D eigenvalue weighted by Crippen LogP contribution is -2.29. The Kier molecular flexibility index (Phi) is 5.60. The molecule has 0 bridgehead atoms. The Balaban J connectivity index is 1.87. The van der Waals surface area contributed by atoms with Gasteiger partial charge in [0.05, 0.1) is 16.5 Å². The second kappa shape index (κ2) is 7.98. The zero-order chi connectivity index (χ0) is 23.3. The molecule has 0 amide bonds. The van der Waals surface area contributed by atoms with Crippen molar-refractivity contribution in [2.45, 2.75) is 58.4 Å². The maximum atomic E-state index is 15.3. The Hall–Kier alpha value is -2.76. The van der Waals surface area contributed by atoms with Gasteiger partial charge in [-0.15, -0.1) is 0 Å². The van der Waals surface area contributed by atoms with Crippen LogP contribution in [0.1, 0.15) is 57.7 Å². The van der Waals surface area contributed by atoms with E-state index in [1.165, 1.54) is 12.3 Å². The fourth-order valence-electron chi connectivity index (χ4n) is 4.00. The van der Waals surface area contributed by atoms with Crippen LogP contribution in [0.5, 0.6) is 0 Å². The lowest BCUT2D eigenvalue weighted by Gasteiger charge is -2.20. The van der Waals surface area contributed by atoms with Crippen molar-refractivity contribution in [2.75, 3.05) is 0 Å². The number of nitriles is 1. The SMILES string of the molecule is CC(NS(=O)(=O)C1CC1)c1cn(CC(C)(C)C)c2cc(-c3ncccc3C#N)c(F)cc12. The Morgan fingerprint density at radius 3 is 2.69 bits per heavy atom. The van der Waals surface area contributed by atoms with Crippen LogP contribution >= 0.6 is 0 Å². The third-order valence-corrected chi connectivity index (χ3v) is 7.63. The van der Waals surface area contributed by atoms with E-state index in [4.69, 9.17) is 0 Å². The number of nitrogens with zero attached hydrogens (tertiary/aromatic N) is 3. The molecule has 0 spiro atoms. The molecule has 1 saturated carbocycles. The van der Waals surface area contributed by atoms with Gasteiger partial charge in [-0.25, -0.2) is 17.5 Å². The van der Waals surface area contributed by atoms with E-state index in [-0.39, 0.29) is 16.2 Å². The summed E-state index contributed by atoms with van der Waals surface area (Å²) in [6.45, 7) is 8.76. The summed E-state index contributed by atoms with van der Waals surface area (Å²) < 4.78 is 45.1. The van der Waals surface area contributed by atoms with E-state index in [1.54, 1.807) is 25.1 Å². The maximum absolute atomic E-state index is 15.3. The van der Waals surface area contributed by atoms with E-state index in [9.17, 15) is 13.7 Å². The third-order valence-electron chi connectivity index (χ3n) is 5.60. The van der Waals surface area contributed by atoms with Crippen LogP contribution in [0.4, 0.5) is 4.39 Å². The summed E-state index contributed by atoms with van der Waals surface area (Å²) in [6.07, 6.45) is 4.80. The molecule has 1 N–H and O–H groups in total. The molecule has 2 heterocycles. The quantitative estimate of drug-likeness (QED) is 0.574. The van der Waals surface area contributed by atoms with Crippen LogP contribution in [0, 0.1) is 22.6 Å². The molecular weight excluding hydrogens is 427 g/mol. The first-order valence-corrected chi connectivity index (χ1v) is 12.2. The van der Waals surface area contributed by atoms with Gasteiger partial charge in [-0.2, -0.15) is 5.26 Å². The van der Waals surface area contributed by atoms with E-state index < -0.39 is 21.9 Å². The molecule has 168 valence electrons. The van der Waals surface area contributed by atoms with Crippen molar-refractivity contribution in [1.29, 1.82) is 5.26 Å². The number of sulfonamides is 1. The smallest absolute Gasteiger partial charge is 0.215 e.